The summed E-state index contributed by atoms with van der Waals surface area (Å²) in [5, 5.41) is 2.94. The van der Waals surface area contributed by atoms with Gasteiger partial charge in [-0.3, -0.25) is 4.79 Å². The summed E-state index contributed by atoms with van der Waals surface area (Å²) in [7, 11) is 0. The predicted octanol–water partition coefficient (Wildman–Crippen LogP) is 3.53. The van der Waals surface area contributed by atoms with E-state index in [-0.39, 0.29) is 17.8 Å². The molecule has 1 atom stereocenters. The van der Waals surface area contributed by atoms with Crippen molar-refractivity contribution in [2.24, 2.45) is 0 Å². The van der Waals surface area contributed by atoms with Gasteiger partial charge in [0.25, 0.3) is 0 Å². The minimum absolute atomic E-state index is 0.0610. The normalized spacial score (nSPS) is 11.7. The molecule has 0 aliphatic heterocycles. The van der Waals surface area contributed by atoms with Crippen LogP contribution in [0.2, 0.25) is 0 Å². The lowest BCUT2D eigenvalue weighted by atomic mass is 9.98. The van der Waals surface area contributed by atoms with Gasteiger partial charge in [-0.15, -0.1) is 11.6 Å². The maximum atomic E-state index is 11.7. The van der Waals surface area contributed by atoms with Gasteiger partial charge in [-0.25, -0.2) is 0 Å². The lowest BCUT2D eigenvalue weighted by Crippen LogP contribution is -2.30. The molecule has 4 heteroatoms. The molecule has 1 amide bonds. The van der Waals surface area contributed by atoms with E-state index in [1.165, 1.54) is 0 Å². The molecule has 0 spiro atoms. The maximum absolute atomic E-state index is 11.7. The second kappa shape index (κ2) is 7.70. The molecule has 2 rings (SSSR count). The number of ether oxygens (including phenoxy) is 1. The van der Waals surface area contributed by atoms with Gasteiger partial charge in [-0.05, 0) is 30.2 Å². The first-order chi connectivity index (χ1) is 10.2. The highest BCUT2D eigenvalue weighted by Crippen LogP contribution is 2.25. The average Bonchev–Trinajstić information content (AvgIpc) is 2.53. The van der Waals surface area contributed by atoms with Crippen LogP contribution >= 0.6 is 11.6 Å². The number of hydrogen-bond donors (Lipinski definition) is 1. The Kier molecular flexibility index (Phi) is 5.64. The van der Waals surface area contributed by atoms with Gasteiger partial charge in [-0.2, -0.15) is 0 Å². The van der Waals surface area contributed by atoms with Crippen LogP contribution in [0.1, 0.15) is 24.1 Å². The van der Waals surface area contributed by atoms with Crippen LogP contribution in [-0.2, 0) is 4.79 Å². The second-order valence-electron chi connectivity index (χ2n) is 4.55. The molecule has 0 aromatic heterocycles. The zero-order chi connectivity index (χ0) is 15.1. The lowest BCUT2D eigenvalue weighted by molar-refractivity contribution is -0.119. The van der Waals surface area contributed by atoms with Crippen LogP contribution < -0.4 is 10.1 Å². The van der Waals surface area contributed by atoms with Gasteiger partial charge in [0.1, 0.15) is 11.6 Å². The van der Waals surface area contributed by atoms with Crippen molar-refractivity contribution >= 4 is 17.5 Å². The largest absolute Gasteiger partial charge is 0.494 e. The molecule has 21 heavy (non-hydrogen) atoms. The standard InChI is InChI=1S/C17H18ClNO2/c1-2-21-15-10-6-9-14(11-15)17(19-16(20)12-18)13-7-4-3-5-8-13/h3-11,17H,2,12H2,1H3,(H,19,20). The fraction of sp³-hybridized carbons (Fsp3) is 0.235. The van der Waals surface area contributed by atoms with E-state index in [1.54, 1.807) is 0 Å². The first-order valence-electron chi connectivity index (χ1n) is 6.87. The van der Waals surface area contributed by atoms with Crippen molar-refractivity contribution in [3.63, 3.8) is 0 Å². The summed E-state index contributed by atoms with van der Waals surface area (Å²) < 4.78 is 5.53. The van der Waals surface area contributed by atoms with Crippen LogP contribution in [0.4, 0.5) is 0 Å². The van der Waals surface area contributed by atoms with E-state index in [0.717, 1.165) is 16.9 Å². The molecule has 2 aromatic carbocycles. The first-order valence-corrected chi connectivity index (χ1v) is 7.41. The molecule has 0 heterocycles. The van der Waals surface area contributed by atoms with Gasteiger partial charge in [0.2, 0.25) is 5.91 Å². The van der Waals surface area contributed by atoms with Crippen molar-refractivity contribution in [3.8, 4) is 5.75 Å². The van der Waals surface area contributed by atoms with E-state index in [4.69, 9.17) is 16.3 Å². The summed E-state index contributed by atoms with van der Waals surface area (Å²) in [6.45, 7) is 2.55. The Balaban J connectivity index is 2.35. The number of carbonyl (C=O) groups is 1. The monoisotopic (exact) mass is 303 g/mol. The van der Waals surface area contributed by atoms with Gasteiger partial charge >= 0.3 is 0 Å². The molecular weight excluding hydrogens is 286 g/mol. The van der Waals surface area contributed by atoms with E-state index in [9.17, 15) is 4.79 Å². The third-order valence-electron chi connectivity index (χ3n) is 3.06. The van der Waals surface area contributed by atoms with E-state index in [2.05, 4.69) is 5.32 Å². The summed E-state index contributed by atoms with van der Waals surface area (Å²) in [4.78, 5) is 11.7. The van der Waals surface area contributed by atoms with Gasteiger partial charge in [-0.1, -0.05) is 42.5 Å². The highest BCUT2D eigenvalue weighted by Gasteiger charge is 2.16. The van der Waals surface area contributed by atoms with Crippen LogP contribution in [0.5, 0.6) is 5.75 Å². The Hall–Kier alpha value is -2.00. The first kappa shape index (κ1) is 15.4. The maximum Gasteiger partial charge on any atom is 0.235 e. The Morgan fingerprint density at radius 1 is 1.14 bits per heavy atom. The third-order valence-corrected chi connectivity index (χ3v) is 3.30. The minimum Gasteiger partial charge on any atom is -0.494 e. The van der Waals surface area contributed by atoms with Crippen molar-refractivity contribution in [2.75, 3.05) is 12.5 Å². The van der Waals surface area contributed by atoms with E-state index in [0.29, 0.717) is 6.61 Å². The zero-order valence-corrected chi connectivity index (χ0v) is 12.6. The number of halogens is 1. The van der Waals surface area contributed by atoms with E-state index < -0.39 is 0 Å². The number of alkyl halides is 1. The van der Waals surface area contributed by atoms with Crippen molar-refractivity contribution in [3.05, 3.63) is 65.7 Å². The zero-order valence-electron chi connectivity index (χ0n) is 11.9. The molecule has 0 fully saturated rings. The fourth-order valence-electron chi connectivity index (χ4n) is 2.15. The van der Waals surface area contributed by atoms with Gasteiger partial charge in [0.15, 0.2) is 0 Å². The van der Waals surface area contributed by atoms with Crippen molar-refractivity contribution in [1.82, 2.24) is 5.32 Å². The lowest BCUT2D eigenvalue weighted by Gasteiger charge is -2.20. The molecule has 0 saturated heterocycles. The molecular formula is C17H18ClNO2. The molecule has 110 valence electrons. The molecule has 2 aromatic rings. The van der Waals surface area contributed by atoms with Gasteiger partial charge in [0, 0.05) is 0 Å². The van der Waals surface area contributed by atoms with Crippen molar-refractivity contribution in [1.29, 1.82) is 0 Å². The molecule has 0 radical (unpaired) electrons. The van der Waals surface area contributed by atoms with Gasteiger partial charge in [0.05, 0.1) is 12.6 Å². The summed E-state index contributed by atoms with van der Waals surface area (Å²) >= 11 is 5.62. The van der Waals surface area contributed by atoms with Crippen LogP contribution in [-0.4, -0.2) is 18.4 Å². The molecule has 1 N–H and O–H groups in total. The van der Waals surface area contributed by atoms with E-state index >= 15 is 0 Å². The van der Waals surface area contributed by atoms with Crippen LogP contribution in [0.3, 0.4) is 0 Å². The van der Waals surface area contributed by atoms with Crippen LogP contribution in [0.15, 0.2) is 54.6 Å². The fourth-order valence-corrected chi connectivity index (χ4v) is 2.23. The van der Waals surface area contributed by atoms with Crippen molar-refractivity contribution in [2.45, 2.75) is 13.0 Å². The predicted molar refractivity (Wildman–Crippen MR) is 84.8 cm³/mol. The summed E-state index contributed by atoms with van der Waals surface area (Å²) in [6.07, 6.45) is 0. The summed E-state index contributed by atoms with van der Waals surface area (Å²) in [6, 6.07) is 17.3. The molecule has 0 bridgehead atoms. The topological polar surface area (TPSA) is 38.3 Å². The number of nitrogens with one attached hydrogen (secondary N) is 1. The summed E-state index contributed by atoms with van der Waals surface area (Å²) in [5.41, 5.74) is 1.97. The highest BCUT2D eigenvalue weighted by molar-refractivity contribution is 6.27. The number of hydrogen-bond acceptors (Lipinski definition) is 2. The van der Waals surface area contributed by atoms with Crippen LogP contribution in [0, 0.1) is 0 Å². The molecule has 0 aliphatic rings. The quantitative estimate of drug-likeness (QED) is 0.829. The number of benzene rings is 2. The van der Waals surface area contributed by atoms with Crippen LogP contribution in [0.25, 0.3) is 0 Å². The SMILES string of the molecule is CCOc1cccc(C(NC(=O)CCl)c2ccccc2)c1. The second-order valence-corrected chi connectivity index (χ2v) is 4.82. The molecule has 0 saturated carbocycles. The smallest absolute Gasteiger partial charge is 0.235 e. The van der Waals surface area contributed by atoms with E-state index in [1.807, 2.05) is 61.5 Å². The Bertz CT molecular complexity index is 586. The Morgan fingerprint density at radius 2 is 1.86 bits per heavy atom. The number of amides is 1. The Labute approximate surface area is 129 Å². The van der Waals surface area contributed by atoms with Gasteiger partial charge < -0.3 is 10.1 Å². The van der Waals surface area contributed by atoms with Crippen molar-refractivity contribution < 1.29 is 9.53 Å². The minimum atomic E-state index is -0.238. The molecule has 3 nitrogen and oxygen atoms in total. The Morgan fingerprint density at radius 3 is 2.52 bits per heavy atom. The average molecular weight is 304 g/mol. The number of carbonyl (C=O) groups excluding carboxylic acids is 1. The third kappa shape index (κ3) is 4.23. The molecule has 0 aliphatic carbocycles. The number of rotatable bonds is 6. The summed E-state index contributed by atoms with van der Waals surface area (Å²) in [5.74, 6) is 0.525. The molecule has 1 unspecified atom stereocenters. The highest BCUT2D eigenvalue weighted by atomic mass is 35.5.